The topological polar surface area (TPSA) is 56.1 Å². The monoisotopic (exact) mass is 377 g/mol. The first-order valence-corrected chi connectivity index (χ1v) is 8.71. The third kappa shape index (κ3) is 3.37. The van der Waals surface area contributed by atoms with Crippen LogP contribution >= 0.6 is 11.6 Å². The van der Waals surface area contributed by atoms with Gasteiger partial charge in [-0.15, -0.1) is 0 Å². The van der Waals surface area contributed by atoms with Gasteiger partial charge in [-0.05, 0) is 48.5 Å². The zero-order valence-corrected chi connectivity index (χ0v) is 15.3. The zero-order valence-electron chi connectivity index (χ0n) is 14.5. The molecular formula is C21H16ClN3O2. The molecule has 4 rings (SSSR count). The van der Waals surface area contributed by atoms with E-state index in [-0.39, 0.29) is 5.91 Å². The third-order valence-corrected chi connectivity index (χ3v) is 4.55. The summed E-state index contributed by atoms with van der Waals surface area (Å²) < 4.78 is 7.11. The molecule has 0 atom stereocenters. The van der Waals surface area contributed by atoms with Crippen LogP contribution in [0.25, 0.3) is 16.7 Å². The Bertz CT molecular complexity index is 1120. The number of ether oxygens (including phenoxy) is 1. The predicted octanol–water partition coefficient (Wildman–Crippen LogP) is 4.94. The Balaban J connectivity index is 1.61. The third-order valence-electron chi connectivity index (χ3n) is 4.25. The second kappa shape index (κ2) is 7.13. The summed E-state index contributed by atoms with van der Waals surface area (Å²) in [5.41, 5.74) is 3.82. The molecule has 0 radical (unpaired) electrons. The lowest BCUT2D eigenvalue weighted by atomic mass is 10.1. The van der Waals surface area contributed by atoms with Gasteiger partial charge in [-0.1, -0.05) is 29.8 Å². The molecule has 5 nitrogen and oxygen atoms in total. The summed E-state index contributed by atoms with van der Waals surface area (Å²) in [5.74, 6) is 0.329. The number of hydrogen-bond donors (Lipinski definition) is 1. The molecule has 1 N–H and O–H groups in total. The Labute approximate surface area is 161 Å². The number of hydrogen-bond acceptors (Lipinski definition) is 3. The van der Waals surface area contributed by atoms with Gasteiger partial charge in [0.15, 0.2) is 0 Å². The number of imidazole rings is 1. The van der Waals surface area contributed by atoms with E-state index in [1.54, 1.807) is 43.8 Å². The largest absolute Gasteiger partial charge is 0.495 e. The Kier molecular flexibility index (Phi) is 4.52. The second-order valence-corrected chi connectivity index (χ2v) is 6.36. The highest BCUT2D eigenvalue weighted by Crippen LogP contribution is 2.27. The fourth-order valence-electron chi connectivity index (χ4n) is 2.90. The average Bonchev–Trinajstić information content (AvgIpc) is 3.12. The normalized spacial score (nSPS) is 10.7. The van der Waals surface area contributed by atoms with Gasteiger partial charge in [-0.3, -0.25) is 9.36 Å². The van der Waals surface area contributed by atoms with Crippen LogP contribution in [0, 0.1) is 0 Å². The lowest BCUT2D eigenvalue weighted by molar-refractivity contribution is 0.102. The van der Waals surface area contributed by atoms with Crippen molar-refractivity contribution in [1.29, 1.82) is 0 Å². The van der Waals surface area contributed by atoms with Crippen molar-refractivity contribution in [2.24, 2.45) is 0 Å². The first-order chi connectivity index (χ1) is 13.2. The number of carbonyl (C=O) groups is 1. The van der Waals surface area contributed by atoms with Crippen LogP contribution in [0.1, 0.15) is 10.4 Å². The van der Waals surface area contributed by atoms with Crippen LogP contribution in [0.15, 0.2) is 73.1 Å². The summed E-state index contributed by atoms with van der Waals surface area (Å²) in [4.78, 5) is 17.0. The quantitative estimate of drug-likeness (QED) is 0.548. The molecule has 0 saturated carbocycles. The molecule has 4 aromatic rings. The van der Waals surface area contributed by atoms with Gasteiger partial charge in [0.1, 0.15) is 12.1 Å². The molecule has 134 valence electrons. The number of anilines is 1. The number of nitrogens with zero attached hydrogens (tertiary/aromatic N) is 2. The summed E-state index contributed by atoms with van der Waals surface area (Å²) >= 11 is 6.11. The molecule has 1 heterocycles. The van der Waals surface area contributed by atoms with Gasteiger partial charge in [0.25, 0.3) is 5.91 Å². The Morgan fingerprint density at radius 3 is 2.63 bits per heavy atom. The van der Waals surface area contributed by atoms with Crippen LogP contribution in [0.2, 0.25) is 5.02 Å². The first kappa shape index (κ1) is 17.1. The Morgan fingerprint density at radius 2 is 1.89 bits per heavy atom. The summed E-state index contributed by atoms with van der Waals surface area (Å²) in [6.07, 6.45) is 1.75. The number of para-hydroxylation sites is 1. The molecule has 6 heteroatoms. The summed E-state index contributed by atoms with van der Waals surface area (Å²) in [6, 6.07) is 20.5. The van der Waals surface area contributed by atoms with Crippen LogP contribution in [0.4, 0.5) is 5.69 Å². The molecule has 0 aliphatic rings. The van der Waals surface area contributed by atoms with Gasteiger partial charge < -0.3 is 10.1 Å². The van der Waals surface area contributed by atoms with Crippen molar-refractivity contribution in [3.63, 3.8) is 0 Å². The number of benzene rings is 3. The summed E-state index contributed by atoms with van der Waals surface area (Å²) in [7, 11) is 1.54. The molecule has 1 amide bonds. The fourth-order valence-corrected chi connectivity index (χ4v) is 3.15. The van der Waals surface area contributed by atoms with Crippen molar-refractivity contribution in [3.05, 3.63) is 83.6 Å². The molecule has 0 bridgehead atoms. The molecule has 3 aromatic carbocycles. The van der Waals surface area contributed by atoms with Crippen molar-refractivity contribution in [3.8, 4) is 11.4 Å². The molecule has 0 unspecified atom stereocenters. The molecule has 0 aliphatic heterocycles. The number of amides is 1. The van der Waals surface area contributed by atoms with Crippen molar-refractivity contribution in [2.75, 3.05) is 12.4 Å². The van der Waals surface area contributed by atoms with Crippen LogP contribution in [0.5, 0.6) is 5.75 Å². The van der Waals surface area contributed by atoms with Crippen LogP contribution < -0.4 is 10.1 Å². The van der Waals surface area contributed by atoms with Crippen LogP contribution in [-0.4, -0.2) is 22.6 Å². The van der Waals surface area contributed by atoms with E-state index in [1.807, 2.05) is 41.0 Å². The number of methoxy groups -OCH3 is 1. The van der Waals surface area contributed by atoms with E-state index in [1.165, 1.54) is 0 Å². The molecule has 0 spiro atoms. The lowest BCUT2D eigenvalue weighted by Crippen LogP contribution is -2.11. The van der Waals surface area contributed by atoms with Crippen LogP contribution in [0.3, 0.4) is 0 Å². The Hall–Kier alpha value is -3.31. The zero-order chi connectivity index (χ0) is 18.8. The van der Waals surface area contributed by atoms with E-state index in [9.17, 15) is 4.79 Å². The van der Waals surface area contributed by atoms with Gasteiger partial charge in [0.2, 0.25) is 0 Å². The SMILES string of the molecule is COc1ccc(NC(=O)c2ccc3c(c2)ncn3-c2ccccc2)cc1Cl. The molecule has 27 heavy (non-hydrogen) atoms. The maximum absolute atomic E-state index is 12.6. The smallest absolute Gasteiger partial charge is 0.255 e. The molecular weight excluding hydrogens is 362 g/mol. The standard InChI is InChI=1S/C21H16ClN3O2/c1-27-20-10-8-15(12-17(20)22)24-21(26)14-7-9-19-18(11-14)23-13-25(19)16-5-3-2-4-6-16/h2-13H,1H3,(H,24,26). The van der Waals surface area contributed by atoms with Crippen molar-refractivity contribution in [1.82, 2.24) is 9.55 Å². The first-order valence-electron chi connectivity index (χ1n) is 8.33. The highest BCUT2D eigenvalue weighted by molar-refractivity contribution is 6.32. The van der Waals surface area contributed by atoms with Crippen LogP contribution in [-0.2, 0) is 0 Å². The summed E-state index contributed by atoms with van der Waals surface area (Å²) in [5, 5.41) is 3.28. The predicted molar refractivity (Wildman–Crippen MR) is 107 cm³/mol. The number of rotatable bonds is 4. The van der Waals surface area contributed by atoms with E-state index < -0.39 is 0 Å². The summed E-state index contributed by atoms with van der Waals surface area (Å²) in [6.45, 7) is 0. The fraction of sp³-hybridized carbons (Fsp3) is 0.0476. The van der Waals surface area contributed by atoms with E-state index in [4.69, 9.17) is 16.3 Å². The number of nitrogens with one attached hydrogen (secondary N) is 1. The minimum atomic E-state index is -0.229. The average molecular weight is 378 g/mol. The minimum Gasteiger partial charge on any atom is -0.495 e. The maximum Gasteiger partial charge on any atom is 0.255 e. The highest BCUT2D eigenvalue weighted by Gasteiger charge is 2.11. The van der Waals surface area contributed by atoms with Crippen molar-refractivity contribution >= 4 is 34.2 Å². The van der Waals surface area contributed by atoms with E-state index in [2.05, 4.69) is 10.3 Å². The number of carbonyl (C=O) groups excluding carboxylic acids is 1. The van der Waals surface area contributed by atoms with E-state index in [0.29, 0.717) is 22.0 Å². The lowest BCUT2D eigenvalue weighted by Gasteiger charge is -2.08. The molecule has 0 saturated heterocycles. The van der Waals surface area contributed by atoms with Gasteiger partial charge in [-0.2, -0.15) is 0 Å². The maximum atomic E-state index is 12.6. The highest BCUT2D eigenvalue weighted by atomic mass is 35.5. The van der Waals surface area contributed by atoms with Gasteiger partial charge in [-0.25, -0.2) is 4.98 Å². The molecule has 0 fully saturated rings. The number of aromatic nitrogens is 2. The van der Waals surface area contributed by atoms with Gasteiger partial charge in [0.05, 0.1) is 23.2 Å². The second-order valence-electron chi connectivity index (χ2n) is 5.96. The number of halogens is 1. The molecule has 0 aliphatic carbocycles. The molecule has 1 aromatic heterocycles. The minimum absolute atomic E-state index is 0.229. The van der Waals surface area contributed by atoms with Crippen molar-refractivity contribution in [2.45, 2.75) is 0 Å². The van der Waals surface area contributed by atoms with Crippen molar-refractivity contribution < 1.29 is 9.53 Å². The van der Waals surface area contributed by atoms with Gasteiger partial charge >= 0.3 is 0 Å². The number of fused-ring (bicyclic) bond motifs is 1. The van der Waals surface area contributed by atoms with Gasteiger partial charge in [0, 0.05) is 16.9 Å². The Morgan fingerprint density at radius 1 is 1.07 bits per heavy atom. The van der Waals surface area contributed by atoms with E-state index in [0.717, 1.165) is 16.7 Å². The van der Waals surface area contributed by atoms with E-state index >= 15 is 0 Å².